The van der Waals surface area contributed by atoms with Gasteiger partial charge in [-0.2, -0.15) is 0 Å². The second kappa shape index (κ2) is 12.0. The van der Waals surface area contributed by atoms with E-state index in [1.54, 1.807) is 6.20 Å². The van der Waals surface area contributed by atoms with Crippen LogP contribution in [0, 0.1) is 19.1 Å². The van der Waals surface area contributed by atoms with Crippen LogP contribution in [0.5, 0.6) is 0 Å². The van der Waals surface area contributed by atoms with E-state index in [9.17, 15) is 0 Å². The number of furan rings is 1. The van der Waals surface area contributed by atoms with E-state index in [1.807, 2.05) is 91.1 Å². The molecule has 0 saturated heterocycles. The van der Waals surface area contributed by atoms with Crippen LogP contribution in [-0.4, -0.2) is 9.97 Å². The molecule has 3 aromatic heterocycles. The summed E-state index contributed by atoms with van der Waals surface area (Å²) < 4.78 is 5.79. The molecule has 7 rings (SSSR count). The number of fused-ring (bicyclic) bond motifs is 3. The molecule has 0 bridgehead atoms. The number of rotatable bonds is 3. The van der Waals surface area contributed by atoms with Crippen LogP contribution in [-0.2, 0) is 20.1 Å². The number of nitrogens with zero attached hydrogens (tertiary/aromatic N) is 2. The Morgan fingerprint density at radius 2 is 1.44 bits per heavy atom. The van der Waals surface area contributed by atoms with Gasteiger partial charge < -0.3 is 14.4 Å². The van der Waals surface area contributed by atoms with Crippen molar-refractivity contribution >= 4 is 21.9 Å². The predicted octanol–water partition coefficient (Wildman–Crippen LogP) is 8.97. The fraction of sp³-hybridized carbons (Fsp3) is 0.0286. The number of aryl methyl sites for hydroxylation is 1. The van der Waals surface area contributed by atoms with E-state index in [-0.39, 0.29) is 20.1 Å². The Morgan fingerprint density at radius 1 is 0.641 bits per heavy atom. The van der Waals surface area contributed by atoms with E-state index in [0.717, 1.165) is 44.5 Å². The molecular formula is C35H24IrN2O-2. The number of benzene rings is 4. The molecular weight excluding hydrogens is 657 g/mol. The van der Waals surface area contributed by atoms with Gasteiger partial charge in [-0.15, -0.1) is 59.7 Å². The van der Waals surface area contributed by atoms with Gasteiger partial charge in [0.05, 0.1) is 5.58 Å². The Balaban J connectivity index is 0.000000154. The molecule has 0 unspecified atom stereocenters. The number of hydrogen-bond acceptors (Lipinski definition) is 3. The molecule has 0 amide bonds. The van der Waals surface area contributed by atoms with Gasteiger partial charge in [-0.1, -0.05) is 72.1 Å². The summed E-state index contributed by atoms with van der Waals surface area (Å²) in [6.45, 7) is 2.12. The number of hydrogen-bond donors (Lipinski definition) is 0. The number of para-hydroxylation sites is 1. The monoisotopic (exact) mass is 681 g/mol. The molecule has 0 spiro atoms. The Labute approximate surface area is 241 Å². The predicted molar refractivity (Wildman–Crippen MR) is 154 cm³/mol. The summed E-state index contributed by atoms with van der Waals surface area (Å²) in [4.78, 5) is 8.91. The van der Waals surface area contributed by atoms with Crippen LogP contribution < -0.4 is 0 Å². The third-order valence-electron chi connectivity index (χ3n) is 6.43. The maximum absolute atomic E-state index is 5.79. The van der Waals surface area contributed by atoms with Gasteiger partial charge in [0.1, 0.15) is 5.58 Å². The van der Waals surface area contributed by atoms with E-state index < -0.39 is 0 Å². The summed E-state index contributed by atoms with van der Waals surface area (Å²) in [5.41, 5.74) is 9.30. The zero-order valence-corrected chi connectivity index (χ0v) is 23.7. The minimum Gasteiger partial charge on any atom is -0.500 e. The summed E-state index contributed by atoms with van der Waals surface area (Å²) in [6.07, 6.45) is 3.74. The minimum absolute atomic E-state index is 0. The molecule has 4 heteroatoms. The van der Waals surface area contributed by atoms with Crippen molar-refractivity contribution in [3.05, 3.63) is 145 Å². The van der Waals surface area contributed by atoms with E-state index in [1.165, 1.54) is 16.7 Å². The molecule has 3 nitrogen and oxygen atoms in total. The molecule has 4 aromatic carbocycles. The van der Waals surface area contributed by atoms with Gasteiger partial charge in [-0.3, -0.25) is 0 Å². The first kappa shape index (κ1) is 26.2. The molecule has 3 heterocycles. The van der Waals surface area contributed by atoms with Crippen molar-refractivity contribution < 1.29 is 24.5 Å². The molecule has 0 saturated carbocycles. The van der Waals surface area contributed by atoms with E-state index >= 15 is 0 Å². The van der Waals surface area contributed by atoms with Crippen LogP contribution in [0.3, 0.4) is 0 Å². The molecule has 0 aliphatic carbocycles. The third kappa shape index (κ3) is 5.73. The SMILES string of the molecule is Cc1cc(-c2[c-]cccc2)ncc1-c1ccccc1.[Ir].[c-]1cc2oc3ccccc3c2cc1-c1ccccn1. The molecule has 191 valence electrons. The first-order chi connectivity index (χ1) is 18.8. The number of pyridine rings is 2. The molecule has 0 fully saturated rings. The van der Waals surface area contributed by atoms with Crippen LogP contribution in [0.1, 0.15) is 5.56 Å². The van der Waals surface area contributed by atoms with Gasteiger partial charge >= 0.3 is 0 Å². The fourth-order valence-corrected chi connectivity index (χ4v) is 4.52. The Morgan fingerprint density at radius 3 is 2.21 bits per heavy atom. The molecule has 7 aromatic rings. The van der Waals surface area contributed by atoms with Crippen molar-refractivity contribution in [2.24, 2.45) is 0 Å². The van der Waals surface area contributed by atoms with Crippen molar-refractivity contribution in [3.8, 4) is 33.6 Å². The number of aromatic nitrogens is 2. The minimum atomic E-state index is 0. The summed E-state index contributed by atoms with van der Waals surface area (Å²) in [5.74, 6) is 0. The maximum Gasteiger partial charge on any atom is 0.120 e. The summed E-state index contributed by atoms with van der Waals surface area (Å²) in [5, 5.41) is 2.23. The Hall–Kier alpha value is -4.37. The maximum atomic E-state index is 5.79. The molecule has 39 heavy (non-hydrogen) atoms. The fourth-order valence-electron chi connectivity index (χ4n) is 4.52. The van der Waals surface area contributed by atoms with Crippen molar-refractivity contribution in [2.75, 3.05) is 0 Å². The van der Waals surface area contributed by atoms with Crippen LogP contribution in [0.15, 0.2) is 132 Å². The summed E-state index contributed by atoms with van der Waals surface area (Å²) in [6, 6.07) is 44.7. The summed E-state index contributed by atoms with van der Waals surface area (Å²) >= 11 is 0. The Kier molecular flexibility index (Phi) is 8.07. The van der Waals surface area contributed by atoms with Crippen LogP contribution in [0.25, 0.3) is 55.6 Å². The van der Waals surface area contributed by atoms with E-state index in [2.05, 4.69) is 59.4 Å². The second-order valence-electron chi connectivity index (χ2n) is 8.96. The van der Waals surface area contributed by atoms with Gasteiger partial charge in [0.2, 0.25) is 0 Å². The summed E-state index contributed by atoms with van der Waals surface area (Å²) in [7, 11) is 0. The van der Waals surface area contributed by atoms with Crippen LogP contribution in [0.4, 0.5) is 0 Å². The van der Waals surface area contributed by atoms with Gasteiger partial charge in [0.15, 0.2) is 0 Å². The van der Waals surface area contributed by atoms with Crippen molar-refractivity contribution in [1.29, 1.82) is 0 Å². The standard InChI is InChI=1S/C18H14N.C17H10NO.Ir/c1-14-12-18(16-10-6-3-7-11-16)19-13-17(14)15-8-4-2-5-9-15;1-2-7-16-13(5-1)14-11-12(8-9-17(14)19-16)15-6-3-4-10-18-15;/h2-10,12-13H,1H3;1-7,9-11H;/q2*-1;. The Bertz CT molecular complexity index is 1810. The largest absolute Gasteiger partial charge is 0.500 e. The topological polar surface area (TPSA) is 38.9 Å². The smallest absolute Gasteiger partial charge is 0.120 e. The average Bonchev–Trinajstić information content (AvgIpc) is 3.37. The first-order valence-corrected chi connectivity index (χ1v) is 12.5. The second-order valence-corrected chi connectivity index (χ2v) is 8.96. The first-order valence-electron chi connectivity index (χ1n) is 12.5. The van der Waals surface area contributed by atoms with Crippen LogP contribution >= 0.6 is 0 Å². The zero-order chi connectivity index (χ0) is 25.7. The molecule has 0 aliphatic rings. The molecule has 1 radical (unpaired) electrons. The van der Waals surface area contributed by atoms with Crippen molar-refractivity contribution in [3.63, 3.8) is 0 Å². The van der Waals surface area contributed by atoms with Gasteiger partial charge in [-0.05, 0) is 41.6 Å². The molecule has 0 aliphatic heterocycles. The van der Waals surface area contributed by atoms with Crippen molar-refractivity contribution in [1.82, 2.24) is 9.97 Å². The van der Waals surface area contributed by atoms with E-state index in [0.29, 0.717) is 0 Å². The van der Waals surface area contributed by atoms with Gasteiger partial charge in [-0.25, -0.2) is 0 Å². The van der Waals surface area contributed by atoms with E-state index in [4.69, 9.17) is 4.42 Å². The average molecular weight is 681 g/mol. The van der Waals surface area contributed by atoms with Gasteiger partial charge in [0, 0.05) is 43.4 Å². The molecule has 0 N–H and O–H groups in total. The third-order valence-corrected chi connectivity index (χ3v) is 6.43. The molecule has 0 atom stereocenters. The van der Waals surface area contributed by atoms with Crippen LogP contribution in [0.2, 0.25) is 0 Å². The zero-order valence-electron chi connectivity index (χ0n) is 21.3. The normalized spacial score (nSPS) is 10.5. The van der Waals surface area contributed by atoms with Crippen molar-refractivity contribution in [2.45, 2.75) is 6.92 Å². The quantitative estimate of drug-likeness (QED) is 0.175. The van der Waals surface area contributed by atoms with Gasteiger partial charge in [0.25, 0.3) is 0 Å².